The van der Waals surface area contributed by atoms with Crippen molar-refractivity contribution in [2.75, 3.05) is 11.9 Å². The van der Waals surface area contributed by atoms with Crippen LogP contribution in [-0.4, -0.2) is 29.2 Å². The third-order valence-electron chi connectivity index (χ3n) is 7.11. The Hall–Kier alpha value is -2.67. The maximum Gasteiger partial charge on any atom is 0.244 e. The number of anilines is 1. The summed E-state index contributed by atoms with van der Waals surface area (Å²) >= 11 is 16.1. The molecule has 8 heteroatoms. The van der Waals surface area contributed by atoms with Crippen molar-refractivity contribution in [1.82, 2.24) is 4.90 Å². The predicted molar refractivity (Wildman–Crippen MR) is 133 cm³/mol. The normalized spacial score (nSPS) is 26.2. The fourth-order valence-electron chi connectivity index (χ4n) is 5.82. The summed E-state index contributed by atoms with van der Waals surface area (Å²) in [5.74, 6) is -2.68. The lowest BCUT2D eigenvalue weighted by Gasteiger charge is -2.51. The highest BCUT2D eigenvalue weighted by Crippen LogP contribution is 2.66. The number of nitrogens with zero attached hydrogens (tertiary/aromatic N) is 1. The number of likely N-dealkylation sites (tertiary alicyclic amines) is 1. The number of imide groups is 1. The Kier molecular flexibility index (Phi) is 4.93. The maximum absolute atomic E-state index is 13.7. The molecule has 0 aromatic heterocycles. The van der Waals surface area contributed by atoms with Gasteiger partial charge < -0.3 is 5.32 Å². The van der Waals surface area contributed by atoms with E-state index in [1.54, 1.807) is 12.1 Å². The van der Waals surface area contributed by atoms with Crippen LogP contribution in [0.25, 0.3) is 0 Å². The Morgan fingerprint density at radius 1 is 0.941 bits per heavy atom. The number of amides is 3. The highest BCUT2D eigenvalue weighted by molar-refractivity contribution is 9.09. The van der Waals surface area contributed by atoms with E-state index in [4.69, 9.17) is 23.2 Å². The zero-order valence-corrected chi connectivity index (χ0v) is 20.7. The molecule has 0 radical (unpaired) electrons. The molecule has 3 aromatic carbocycles. The first kappa shape index (κ1) is 21.8. The van der Waals surface area contributed by atoms with E-state index in [0.29, 0.717) is 15.7 Å². The van der Waals surface area contributed by atoms with Crippen LogP contribution in [0.4, 0.5) is 5.69 Å². The van der Waals surface area contributed by atoms with E-state index in [-0.39, 0.29) is 17.7 Å². The Morgan fingerprint density at radius 2 is 1.56 bits per heavy atom. The molecule has 1 aliphatic heterocycles. The molecule has 1 saturated heterocycles. The standard InChI is InChI=1S/C26H17BrCl2N2O3/c27-26-16-7-3-1-5-14(16)21(15-6-2-4-8-17(15)26)22-23(26)25(34)31(24(22)33)12-20(32)30-19-11-13(28)9-10-18(19)29/h1-11,21-23H,12H2,(H,30,32)/t21?,22-,23-,26?/m0/s1. The van der Waals surface area contributed by atoms with E-state index in [1.807, 2.05) is 48.5 Å². The summed E-state index contributed by atoms with van der Waals surface area (Å²) in [5, 5.41) is 3.39. The predicted octanol–water partition coefficient (Wildman–Crippen LogP) is 5.33. The lowest BCUT2D eigenvalue weighted by atomic mass is 9.55. The summed E-state index contributed by atoms with van der Waals surface area (Å²) in [6.07, 6.45) is 0. The summed E-state index contributed by atoms with van der Waals surface area (Å²) in [5.41, 5.74) is 4.40. The quantitative estimate of drug-likeness (QED) is 0.351. The first-order chi connectivity index (χ1) is 16.3. The Labute approximate surface area is 214 Å². The summed E-state index contributed by atoms with van der Waals surface area (Å²) in [6, 6.07) is 20.6. The van der Waals surface area contributed by atoms with Gasteiger partial charge in [-0.25, -0.2) is 0 Å². The molecular formula is C26H17BrCl2N2O3. The van der Waals surface area contributed by atoms with Crippen LogP contribution in [-0.2, 0) is 18.7 Å². The molecule has 3 aliphatic carbocycles. The Balaban J connectivity index is 1.38. The molecular weight excluding hydrogens is 539 g/mol. The third-order valence-corrected chi connectivity index (χ3v) is 9.02. The van der Waals surface area contributed by atoms with Crippen molar-refractivity contribution in [3.8, 4) is 0 Å². The van der Waals surface area contributed by atoms with Gasteiger partial charge in [-0.05, 0) is 40.5 Å². The number of nitrogens with one attached hydrogen (secondary N) is 1. The summed E-state index contributed by atoms with van der Waals surface area (Å²) in [4.78, 5) is 41.3. The molecule has 0 saturated carbocycles. The number of benzene rings is 3. The van der Waals surface area contributed by atoms with Crippen LogP contribution >= 0.6 is 39.1 Å². The van der Waals surface area contributed by atoms with Crippen molar-refractivity contribution in [2.24, 2.45) is 11.8 Å². The second kappa shape index (κ2) is 7.67. The van der Waals surface area contributed by atoms with Gasteiger partial charge in [-0.1, -0.05) is 87.7 Å². The molecule has 7 rings (SSSR count). The van der Waals surface area contributed by atoms with Crippen LogP contribution in [0.1, 0.15) is 28.2 Å². The molecule has 2 atom stereocenters. The van der Waals surface area contributed by atoms with Gasteiger partial charge in [0.2, 0.25) is 17.7 Å². The summed E-state index contributed by atoms with van der Waals surface area (Å²) in [7, 11) is 0. The first-order valence-electron chi connectivity index (χ1n) is 10.8. The monoisotopic (exact) mass is 554 g/mol. The fraction of sp³-hybridized carbons (Fsp3) is 0.192. The average molecular weight is 556 g/mol. The van der Waals surface area contributed by atoms with Crippen molar-refractivity contribution >= 4 is 62.5 Å². The summed E-state index contributed by atoms with van der Waals surface area (Å²) in [6.45, 7) is -0.393. The zero-order chi connectivity index (χ0) is 23.8. The number of hydrogen-bond donors (Lipinski definition) is 1. The van der Waals surface area contributed by atoms with Gasteiger partial charge in [-0.3, -0.25) is 19.3 Å². The van der Waals surface area contributed by atoms with Gasteiger partial charge in [0.25, 0.3) is 0 Å². The Morgan fingerprint density at radius 3 is 2.21 bits per heavy atom. The topological polar surface area (TPSA) is 66.5 Å². The molecule has 1 fully saturated rings. The number of carbonyl (C=O) groups excluding carboxylic acids is 3. The van der Waals surface area contributed by atoms with Crippen molar-refractivity contribution in [1.29, 1.82) is 0 Å². The molecule has 3 aromatic rings. The van der Waals surface area contributed by atoms with Gasteiger partial charge in [0.1, 0.15) is 6.54 Å². The minimum absolute atomic E-state index is 0.247. The van der Waals surface area contributed by atoms with Gasteiger partial charge in [0.15, 0.2) is 0 Å². The van der Waals surface area contributed by atoms with E-state index in [9.17, 15) is 14.4 Å². The molecule has 3 amide bonds. The van der Waals surface area contributed by atoms with Gasteiger partial charge in [0.05, 0.1) is 26.9 Å². The molecule has 34 heavy (non-hydrogen) atoms. The fourth-order valence-corrected chi connectivity index (χ4v) is 7.36. The van der Waals surface area contributed by atoms with E-state index >= 15 is 0 Å². The molecule has 170 valence electrons. The number of carbonyl (C=O) groups is 3. The minimum atomic E-state index is -0.839. The number of halogens is 3. The van der Waals surface area contributed by atoms with Gasteiger partial charge in [-0.15, -0.1) is 0 Å². The zero-order valence-electron chi connectivity index (χ0n) is 17.6. The smallest absolute Gasteiger partial charge is 0.244 e. The van der Waals surface area contributed by atoms with E-state index in [1.165, 1.54) is 6.07 Å². The molecule has 5 nitrogen and oxygen atoms in total. The van der Waals surface area contributed by atoms with Gasteiger partial charge >= 0.3 is 0 Å². The van der Waals surface area contributed by atoms with Crippen LogP contribution in [0.3, 0.4) is 0 Å². The highest BCUT2D eigenvalue weighted by Gasteiger charge is 2.67. The van der Waals surface area contributed by atoms with Crippen LogP contribution in [0, 0.1) is 11.8 Å². The van der Waals surface area contributed by atoms with Crippen LogP contribution < -0.4 is 5.32 Å². The van der Waals surface area contributed by atoms with E-state index in [0.717, 1.165) is 27.2 Å². The van der Waals surface area contributed by atoms with Crippen molar-refractivity contribution in [3.63, 3.8) is 0 Å². The van der Waals surface area contributed by atoms with E-state index in [2.05, 4.69) is 21.2 Å². The minimum Gasteiger partial charge on any atom is -0.323 e. The van der Waals surface area contributed by atoms with Crippen molar-refractivity contribution in [2.45, 2.75) is 10.2 Å². The lowest BCUT2D eigenvalue weighted by molar-refractivity contribution is -0.142. The van der Waals surface area contributed by atoms with Gasteiger partial charge in [-0.2, -0.15) is 0 Å². The largest absolute Gasteiger partial charge is 0.323 e. The average Bonchev–Trinajstić information content (AvgIpc) is 3.08. The molecule has 4 aliphatic rings. The summed E-state index contributed by atoms with van der Waals surface area (Å²) < 4.78 is -0.839. The van der Waals surface area contributed by atoms with Crippen molar-refractivity contribution < 1.29 is 14.4 Å². The SMILES string of the molecule is O=C(CN1C(=O)[C@@H]2[C@@H](C1=O)C1c3ccccc3C2(Br)c2ccccc21)Nc1cc(Cl)ccc1Cl. The molecule has 0 spiro atoms. The number of rotatable bonds is 3. The molecule has 2 bridgehead atoms. The second-order valence-electron chi connectivity index (χ2n) is 8.80. The highest BCUT2D eigenvalue weighted by atomic mass is 79.9. The molecule has 1 N–H and O–H groups in total. The second-order valence-corrected chi connectivity index (χ2v) is 10.9. The van der Waals surface area contributed by atoms with Crippen molar-refractivity contribution in [3.05, 3.63) is 99.0 Å². The third kappa shape index (κ3) is 2.88. The number of alkyl halides is 1. The number of hydrogen-bond acceptors (Lipinski definition) is 3. The lowest BCUT2D eigenvalue weighted by Crippen LogP contribution is -2.50. The first-order valence-corrected chi connectivity index (χ1v) is 12.3. The molecule has 1 heterocycles. The Bertz CT molecular complexity index is 1360. The molecule has 0 unspecified atom stereocenters. The van der Waals surface area contributed by atoms with Gasteiger partial charge in [0, 0.05) is 10.9 Å². The van der Waals surface area contributed by atoms with E-state index < -0.39 is 28.6 Å². The maximum atomic E-state index is 13.7. The van der Waals surface area contributed by atoms with Crippen LogP contribution in [0.2, 0.25) is 10.0 Å². The van der Waals surface area contributed by atoms with Crippen LogP contribution in [0.5, 0.6) is 0 Å². The van der Waals surface area contributed by atoms with Crippen LogP contribution in [0.15, 0.2) is 66.7 Å².